The van der Waals surface area contributed by atoms with E-state index < -0.39 is 5.97 Å². The zero-order valence-corrected chi connectivity index (χ0v) is 12.4. The van der Waals surface area contributed by atoms with Crippen LogP contribution < -0.4 is 0 Å². The molecule has 0 saturated heterocycles. The van der Waals surface area contributed by atoms with Crippen LogP contribution in [0.2, 0.25) is 0 Å². The summed E-state index contributed by atoms with van der Waals surface area (Å²) in [5, 5.41) is 0. The minimum Gasteiger partial charge on any atom is -0.463 e. The molecule has 3 heterocycles. The number of hydrogen-bond donors (Lipinski definition) is 0. The van der Waals surface area contributed by atoms with Crippen LogP contribution in [0.3, 0.4) is 0 Å². The van der Waals surface area contributed by atoms with Crippen molar-refractivity contribution in [2.24, 2.45) is 0 Å². The molecular formula is C14H12O4S2. The smallest absolute Gasteiger partial charge is 0.373 e. The van der Waals surface area contributed by atoms with Gasteiger partial charge in [-0.05, 0) is 35.9 Å². The molecule has 0 fully saturated rings. The van der Waals surface area contributed by atoms with Crippen molar-refractivity contribution in [3.8, 4) is 0 Å². The minimum atomic E-state index is -0.578. The number of rotatable bonds is 3. The van der Waals surface area contributed by atoms with Gasteiger partial charge in [0.05, 0.1) is 12.0 Å². The number of thioether (sulfide) groups is 1. The minimum absolute atomic E-state index is 0.0488. The van der Waals surface area contributed by atoms with E-state index in [1.807, 2.05) is 17.8 Å². The predicted molar refractivity (Wildman–Crippen MR) is 77.7 cm³/mol. The Morgan fingerprint density at radius 1 is 1.30 bits per heavy atom. The summed E-state index contributed by atoms with van der Waals surface area (Å²) in [7, 11) is 1.28. The Labute approximate surface area is 124 Å². The van der Waals surface area contributed by atoms with Crippen LogP contribution in [0.1, 0.15) is 36.4 Å². The number of carbonyl (C=O) groups excluding carboxylic acids is 2. The lowest BCUT2D eigenvalue weighted by atomic mass is 10.2. The number of esters is 1. The number of furan rings is 1. The van der Waals surface area contributed by atoms with E-state index in [-0.39, 0.29) is 17.3 Å². The van der Waals surface area contributed by atoms with Gasteiger partial charge < -0.3 is 9.15 Å². The van der Waals surface area contributed by atoms with Crippen molar-refractivity contribution in [3.05, 3.63) is 45.0 Å². The summed E-state index contributed by atoms with van der Waals surface area (Å²) in [4.78, 5) is 25.6. The molecule has 20 heavy (non-hydrogen) atoms. The molecule has 0 amide bonds. The summed E-state index contributed by atoms with van der Waals surface area (Å²) in [6, 6.07) is 4.92. The van der Waals surface area contributed by atoms with Gasteiger partial charge in [-0.2, -0.15) is 11.8 Å². The quantitative estimate of drug-likeness (QED) is 0.644. The van der Waals surface area contributed by atoms with Gasteiger partial charge in [0.15, 0.2) is 5.76 Å². The van der Waals surface area contributed by atoms with Gasteiger partial charge in [-0.15, -0.1) is 11.3 Å². The van der Waals surface area contributed by atoms with Crippen molar-refractivity contribution >= 4 is 34.9 Å². The predicted octanol–water partition coefficient (Wildman–Crippen LogP) is 3.15. The lowest BCUT2D eigenvalue weighted by Gasteiger charge is -2.08. The summed E-state index contributed by atoms with van der Waals surface area (Å²) in [6.45, 7) is 0. The van der Waals surface area contributed by atoms with Gasteiger partial charge in [0.2, 0.25) is 11.5 Å². The van der Waals surface area contributed by atoms with Crippen LogP contribution in [-0.2, 0) is 16.9 Å². The number of fused-ring (bicyclic) bond motifs is 1. The van der Waals surface area contributed by atoms with Crippen molar-refractivity contribution in [3.63, 3.8) is 0 Å². The highest BCUT2D eigenvalue weighted by Gasteiger charge is 2.22. The fraction of sp³-hybridized carbons (Fsp3) is 0.286. The average Bonchev–Trinajstić information content (AvgIpc) is 3.12. The lowest BCUT2D eigenvalue weighted by Crippen LogP contribution is -2.00. The first-order chi connectivity index (χ1) is 9.69. The highest BCUT2D eigenvalue weighted by molar-refractivity contribution is 7.98. The molecule has 1 aliphatic heterocycles. The van der Waals surface area contributed by atoms with E-state index in [9.17, 15) is 9.59 Å². The molecule has 0 unspecified atom stereocenters. The molecule has 2 aromatic heterocycles. The standard InChI is InChI=1S/C14H12O4S2/c1-17-14(16)10-3-2-9(18-10)13(15)12-6-8-7-19-5-4-11(8)20-12/h2-3,6H,4-5,7H2,1H3. The summed E-state index contributed by atoms with van der Waals surface area (Å²) in [5.74, 6) is 1.54. The van der Waals surface area contributed by atoms with Gasteiger partial charge in [0.25, 0.3) is 0 Å². The number of carbonyl (C=O) groups is 2. The van der Waals surface area contributed by atoms with Crippen LogP contribution in [0.25, 0.3) is 0 Å². The van der Waals surface area contributed by atoms with Crippen LogP contribution >= 0.6 is 23.1 Å². The second kappa shape index (κ2) is 5.46. The van der Waals surface area contributed by atoms with Crippen molar-refractivity contribution in [2.75, 3.05) is 12.9 Å². The first kappa shape index (κ1) is 13.5. The molecule has 104 valence electrons. The number of ketones is 1. The van der Waals surface area contributed by atoms with E-state index >= 15 is 0 Å². The second-order valence-corrected chi connectivity index (χ2v) is 6.59. The number of hydrogen-bond acceptors (Lipinski definition) is 6. The third-order valence-electron chi connectivity index (χ3n) is 3.07. The molecule has 4 nitrogen and oxygen atoms in total. The molecule has 2 aromatic rings. The summed E-state index contributed by atoms with van der Waals surface area (Å²) in [5.41, 5.74) is 1.24. The third kappa shape index (κ3) is 2.41. The lowest BCUT2D eigenvalue weighted by molar-refractivity contribution is 0.0563. The third-order valence-corrected chi connectivity index (χ3v) is 5.31. The van der Waals surface area contributed by atoms with E-state index in [1.165, 1.54) is 41.0 Å². The molecule has 0 aliphatic carbocycles. The van der Waals surface area contributed by atoms with Crippen LogP contribution in [0.5, 0.6) is 0 Å². The SMILES string of the molecule is COC(=O)c1ccc(C(=O)c2cc3c(s2)CCSC3)o1. The van der Waals surface area contributed by atoms with Crippen LogP contribution in [-0.4, -0.2) is 24.6 Å². The maximum atomic E-state index is 12.3. The molecule has 0 spiro atoms. The number of methoxy groups -OCH3 is 1. The Balaban J connectivity index is 1.86. The van der Waals surface area contributed by atoms with E-state index in [1.54, 1.807) is 0 Å². The van der Waals surface area contributed by atoms with Gasteiger partial charge in [-0.25, -0.2) is 4.79 Å². The van der Waals surface area contributed by atoms with Gasteiger partial charge >= 0.3 is 5.97 Å². The van der Waals surface area contributed by atoms with Crippen molar-refractivity contribution in [1.29, 1.82) is 0 Å². The first-order valence-electron chi connectivity index (χ1n) is 6.11. The highest BCUT2D eigenvalue weighted by atomic mass is 32.2. The number of thiophene rings is 1. The van der Waals surface area contributed by atoms with Crippen molar-refractivity contribution in [2.45, 2.75) is 12.2 Å². The molecule has 0 N–H and O–H groups in total. The van der Waals surface area contributed by atoms with Crippen molar-refractivity contribution in [1.82, 2.24) is 0 Å². The fourth-order valence-electron chi connectivity index (χ4n) is 2.05. The molecule has 0 radical (unpaired) electrons. The molecule has 0 saturated carbocycles. The van der Waals surface area contributed by atoms with Crippen LogP contribution in [0.15, 0.2) is 22.6 Å². The topological polar surface area (TPSA) is 56.5 Å². The summed E-state index contributed by atoms with van der Waals surface area (Å²) in [6.07, 6.45) is 1.02. The molecule has 3 rings (SSSR count). The molecule has 0 bridgehead atoms. The van der Waals surface area contributed by atoms with Gasteiger partial charge in [0.1, 0.15) is 0 Å². The van der Waals surface area contributed by atoms with Gasteiger partial charge in [0, 0.05) is 10.6 Å². The summed E-state index contributed by atoms with van der Waals surface area (Å²) >= 11 is 3.40. The molecule has 1 aliphatic rings. The maximum absolute atomic E-state index is 12.3. The molecular weight excluding hydrogens is 296 g/mol. The monoisotopic (exact) mass is 308 g/mol. The van der Waals surface area contributed by atoms with Crippen LogP contribution in [0.4, 0.5) is 0 Å². The van der Waals surface area contributed by atoms with E-state index in [0.717, 1.165) is 17.9 Å². The Bertz CT molecular complexity index is 645. The second-order valence-electron chi connectivity index (χ2n) is 4.35. The van der Waals surface area contributed by atoms with E-state index in [2.05, 4.69) is 4.74 Å². The Morgan fingerprint density at radius 2 is 2.10 bits per heavy atom. The zero-order chi connectivity index (χ0) is 14.1. The average molecular weight is 308 g/mol. The van der Waals surface area contributed by atoms with Gasteiger partial charge in [-0.3, -0.25) is 4.79 Å². The van der Waals surface area contributed by atoms with E-state index in [4.69, 9.17) is 4.42 Å². The zero-order valence-electron chi connectivity index (χ0n) is 10.8. The first-order valence-corrected chi connectivity index (χ1v) is 8.08. The summed E-state index contributed by atoms with van der Waals surface area (Å²) < 4.78 is 9.82. The largest absolute Gasteiger partial charge is 0.463 e. The van der Waals surface area contributed by atoms with Crippen molar-refractivity contribution < 1.29 is 18.7 Å². The number of aryl methyl sites for hydroxylation is 1. The number of ether oxygens (including phenoxy) is 1. The Morgan fingerprint density at radius 3 is 2.85 bits per heavy atom. The Hall–Kier alpha value is -1.53. The maximum Gasteiger partial charge on any atom is 0.373 e. The van der Waals surface area contributed by atoms with Crippen LogP contribution in [0, 0.1) is 0 Å². The Kier molecular flexibility index (Phi) is 3.67. The van der Waals surface area contributed by atoms with E-state index in [0.29, 0.717) is 4.88 Å². The highest BCUT2D eigenvalue weighted by Crippen LogP contribution is 2.32. The van der Waals surface area contributed by atoms with Gasteiger partial charge in [-0.1, -0.05) is 0 Å². The molecule has 6 heteroatoms. The fourth-order valence-corrected chi connectivity index (χ4v) is 4.37. The molecule has 0 aromatic carbocycles. The molecule has 0 atom stereocenters. The normalized spacial score (nSPS) is 13.8.